The molecule has 4 aromatic rings. The standard InChI is InChI=1S/C28H23N5O/c29-20-32-28(33-25-14-16-30-17-15-25)31-19-21-10-12-23(13-11-21)27(34)18-24-8-4-5-9-26(24)22-6-2-1-3-7-22/h1-17H,18-19H2,(H2,30,31,32,33). The number of ketones is 1. The second-order valence-corrected chi connectivity index (χ2v) is 7.58. The first-order valence-corrected chi connectivity index (χ1v) is 10.8. The van der Waals surface area contributed by atoms with Crippen molar-refractivity contribution in [1.29, 1.82) is 5.26 Å². The zero-order valence-electron chi connectivity index (χ0n) is 18.5. The molecule has 0 aliphatic rings. The summed E-state index contributed by atoms with van der Waals surface area (Å²) in [5.74, 6) is 0.399. The average Bonchev–Trinajstić information content (AvgIpc) is 2.89. The number of hydrogen-bond donors (Lipinski definition) is 2. The maximum Gasteiger partial charge on any atom is 0.209 e. The van der Waals surface area contributed by atoms with Gasteiger partial charge in [-0.3, -0.25) is 15.1 Å². The second kappa shape index (κ2) is 11.2. The van der Waals surface area contributed by atoms with E-state index < -0.39 is 0 Å². The summed E-state index contributed by atoms with van der Waals surface area (Å²) in [6.45, 7) is 0.355. The van der Waals surface area contributed by atoms with E-state index in [9.17, 15) is 4.79 Å². The maximum atomic E-state index is 13.0. The first-order valence-electron chi connectivity index (χ1n) is 10.8. The molecule has 2 N–H and O–H groups in total. The summed E-state index contributed by atoms with van der Waals surface area (Å²) in [6.07, 6.45) is 5.52. The molecule has 6 heteroatoms. The van der Waals surface area contributed by atoms with Crippen molar-refractivity contribution in [3.8, 4) is 17.3 Å². The number of guanidine groups is 1. The minimum Gasteiger partial charge on any atom is -0.325 e. The van der Waals surface area contributed by atoms with Gasteiger partial charge in [0.1, 0.15) is 0 Å². The van der Waals surface area contributed by atoms with Crippen molar-refractivity contribution in [2.45, 2.75) is 13.0 Å². The van der Waals surface area contributed by atoms with Crippen LogP contribution in [0.3, 0.4) is 0 Å². The van der Waals surface area contributed by atoms with E-state index in [-0.39, 0.29) is 5.78 Å². The molecule has 34 heavy (non-hydrogen) atoms. The SMILES string of the molecule is N#CNC(=NCc1ccc(C(=O)Cc2ccccc2-c2ccccc2)cc1)Nc1ccncc1. The Balaban J connectivity index is 1.43. The molecule has 0 saturated carbocycles. The third-order valence-electron chi connectivity index (χ3n) is 5.27. The number of nitrogens with one attached hydrogen (secondary N) is 2. The minimum atomic E-state index is 0.0598. The van der Waals surface area contributed by atoms with Crippen LogP contribution >= 0.6 is 0 Å². The van der Waals surface area contributed by atoms with Crippen molar-refractivity contribution in [2.75, 3.05) is 5.32 Å². The number of aliphatic imine (C=N–C) groups is 1. The number of pyridine rings is 1. The highest BCUT2D eigenvalue weighted by Crippen LogP contribution is 2.24. The molecule has 0 fully saturated rings. The Morgan fingerprint density at radius 1 is 0.882 bits per heavy atom. The van der Waals surface area contributed by atoms with Gasteiger partial charge in [0.05, 0.1) is 6.54 Å². The van der Waals surface area contributed by atoms with Gasteiger partial charge in [-0.15, -0.1) is 0 Å². The van der Waals surface area contributed by atoms with Crippen LogP contribution in [0.2, 0.25) is 0 Å². The molecule has 3 aromatic carbocycles. The lowest BCUT2D eigenvalue weighted by Gasteiger charge is -2.10. The number of Topliss-reactive ketones (excluding diaryl/α,β-unsaturated/α-hetero) is 1. The Morgan fingerprint density at radius 2 is 1.59 bits per heavy atom. The molecule has 0 spiro atoms. The summed E-state index contributed by atoms with van der Waals surface area (Å²) < 4.78 is 0. The lowest BCUT2D eigenvalue weighted by molar-refractivity contribution is 0.0993. The molecule has 0 bridgehead atoms. The summed E-state index contributed by atoms with van der Waals surface area (Å²) in [7, 11) is 0. The number of nitrogens with zero attached hydrogens (tertiary/aromatic N) is 3. The van der Waals surface area contributed by atoms with Gasteiger partial charge in [-0.1, -0.05) is 78.9 Å². The monoisotopic (exact) mass is 445 g/mol. The van der Waals surface area contributed by atoms with E-state index in [4.69, 9.17) is 5.26 Å². The van der Waals surface area contributed by atoms with Crippen LogP contribution in [0.4, 0.5) is 5.69 Å². The maximum absolute atomic E-state index is 13.0. The highest BCUT2D eigenvalue weighted by atomic mass is 16.1. The number of benzene rings is 3. The van der Waals surface area contributed by atoms with Crippen molar-refractivity contribution >= 4 is 17.4 Å². The van der Waals surface area contributed by atoms with E-state index in [1.54, 1.807) is 24.5 Å². The van der Waals surface area contributed by atoms with Crippen LogP contribution in [-0.4, -0.2) is 16.7 Å². The van der Waals surface area contributed by atoms with Gasteiger partial charge in [0.15, 0.2) is 12.0 Å². The van der Waals surface area contributed by atoms with Gasteiger partial charge >= 0.3 is 0 Å². The van der Waals surface area contributed by atoms with Crippen LogP contribution in [0.5, 0.6) is 0 Å². The number of aromatic nitrogens is 1. The predicted octanol–water partition coefficient (Wildman–Crippen LogP) is 5.21. The number of anilines is 1. The zero-order valence-corrected chi connectivity index (χ0v) is 18.5. The quantitative estimate of drug-likeness (QED) is 0.134. The molecular weight excluding hydrogens is 422 g/mol. The molecule has 0 radical (unpaired) electrons. The van der Waals surface area contributed by atoms with Gasteiger partial charge in [0.2, 0.25) is 5.96 Å². The van der Waals surface area contributed by atoms with Gasteiger partial charge in [-0.25, -0.2) is 4.99 Å². The topological polar surface area (TPSA) is 90.2 Å². The van der Waals surface area contributed by atoms with E-state index >= 15 is 0 Å². The average molecular weight is 446 g/mol. The number of hydrogen-bond acceptors (Lipinski definition) is 4. The van der Waals surface area contributed by atoms with Crippen LogP contribution in [-0.2, 0) is 13.0 Å². The summed E-state index contributed by atoms with van der Waals surface area (Å²) in [4.78, 5) is 21.4. The molecule has 0 unspecified atom stereocenters. The third-order valence-corrected chi connectivity index (χ3v) is 5.27. The van der Waals surface area contributed by atoms with Crippen LogP contribution in [0, 0.1) is 11.5 Å². The van der Waals surface area contributed by atoms with Crippen LogP contribution in [0.1, 0.15) is 21.5 Å². The fourth-order valence-corrected chi connectivity index (χ4v) is 3.55. The van der Waals surface area contributed by atoms with Crippen molar-refractivity contribution in [3.05, 3.63) is 120 Å². The van der Waals surface area contributed by atoms with Gasteiger partial charge < -0.3 is 5.32 Å². The fraction of sp³-hybridized carbons (Fsp3) is 0.0714. The highest BCUT2D eigenvalue weighted by molar-refractivity contribution is 5.98. The Bertz CT molecular complexity index is 1310. The molecular formula is C28H23N5O. The summed E-state index contributed by atoms with van der Waals surface area (Å²) in [5, 5.41) is 14.6. The minimum absolute atomic E-state index is 0.0598. The molecule has 1 heterocycles. The number of nitriles is 1. The molecule has 6 nitrogen and oxygen atoms in total. The lowest BCUT2D eigenvalue weighted by Crippen LogP contribution is -2.26. The normalized spacial score (nSPS) is 10.9. The molecule has 0 atom stereocenters. The van der Waals surface area contributed by atoms with E-state index in [2.05, 4.69) is 32.7 Å². The smallest absolute Gasteiger partial charge is 0.209 e. The van der Waals surface area contributed by atoms with Crippen molar-refractivity contribution in [1.82, 2.24) is 10.3 Å². The third kappa shape index (κ3) is 5.93. The Kier molecular flexibility index (Phi) is 7.40. The van der Waals surface area contributed by atoms with Crippen molar-refractivity contribution < 1.29 is 4.79 Å². The Morgan fingerprint density at radius 3 is 2.32 bits per heavy atom. The Labute approximate surface area is 198 Å². The molecule has 4 rings (SSSR count). The van der Waals surface area contributed by atoms with Crippen molar-refractivity contribution in [3.63, 3.8) is 0 Å². The van der Waals surface area contributed by atoms with Gasteiger partial charge in [-0.05, 0) is 34.4 Å². The van der Waals surface area contributed by atoms with E-state index in [0.29, 0.717) is 24.5 Å². The molecule has 0 aliphatic heterocycles. The number of carbonyl (C=O) groups is 1. The van der Waals surface area contributed by atoms with Crippen LogP contribution in [0.15, 0.2) is 108 Å². The molecule has 166 valence electrons. The van der Waals surface area contributed by atoms with Crippen molar-refractivity contribution in [2.24, 2.45) is 4.99 Å². The molecule has 0 saturated heterocycles. The second-order valence-electron chi connectivity index (χ2n) is 7.58. The van der Waals surface area contributed by atoms with Gasteiger partial charge in [-0.2, -0.15) is 5.26 Å². The van der Waals surface area contributed by atoms with Gasteiger partial charge in [0, 0.05) is 30.1 Å². The summed E-state index contributed by atoms with van der Waals surface area (Å²) >= 11 is 0. The van der Waals surface area contributed by atoms with E-state index in [1.165, 1.54) is 0 Å². The van der Waals surface area contributed by atoms with Crippen LogP contribution < -0.4 is 10.6 Å². The molecule has 0 amide bonds. The molecule has 0 aliphatic carbocycles. The zero-order chi connectivity index (χ0) is 23.6. The summed E-state index contributed by atoms with van der Waals surface area (Å²) in [5.41, 5.74) is 5.52. The Hall–Kier alpha value is -4.76. The van der Waals surface area contributed by atoms with E-state index in [1.807, 2.05) is 72.9 Å². The summed E-state index contributed by atoms with van der Waals surface area (Å²) in [6, 6.07) is 29.1. The highest BCUT2D eigenvalue weighted by Gasteiger charge is 2.11. The van der Waals surface area contributed by atoms with E-state index in [0.717, 1.165) is 27.9 Å². The van der Waals surface area contributed by atoms with Gasteiger partial charge in [0.25, 0.3) is 0 Å². The number of rotatable bonds is 7. The first-order chi connectivity index (χ1) is 16.7. The lowest BCUT2D eigenvalue weighted by atomic mass is 9.94. The van der Waals surface area contributed by atoms with Crippen LogP contribution in [0.25, 0.3) is 11.1 Å². The fourth-order valence-electron chi connectivity index (χ4n) is 3.55. The first kappa shape index (κ1) is 22.4. The number of carbonyl (C=O) groups excluding carboxylic acids is 1. The predicted molar refractivity (Wildman–Crippen MR) is 134 cm³/mol. The molecule has 1 aromatic heterocycles. The largest absolute Gasteiger partial charge is 0.325 e.